The van der Waals surface area contributed by atoms with Crippen LogP contribution in [0, 0.1) is 5.82 Å². The minimum absolute atomic E-state index is 0.0748. The van der Waals surface area contributed by atoms with Gasteiger partial charge in [0.1, 0.15) is 35.5 Å². The van der Waals surface area contributed by atoms with E-state index in [1.54, 1.807) is 18.2 Å². The van der Waals surface area contributed by atoms with Crippen molar-refractivity contribution in [3.8, 4) is 17.1 Å². The highest BCUT2D eigenvalue weighted by molar-refractivity contribution is 5.62. The molecule has 1 fully saturated rings. The number of nitrogens with one attached hydrogen (secondary N) is 2. The van der Waals surface area contributed by atoms with Gasteiger partial charge in [-0.3, -0.25) is 10.00 Å². The Morgan fingerprint density at radius 1 is 1.16 bits per heavy atom. The Kier molecular flexibility index (Phi) is 7.80. The molecule has 0 aliphatic carbocycles. The van der Waals surface area contributed by atoms with E-state index < -0.39 is 0 Å². The fourth-order valence-corrected chi connectivity index (χ4v) is 4.11. The van der Waals surface area contributed by atoms with E-state index in [0.29, 0.717) is 54.4 Å². The van der Waals surface area contributed by atoms with Crippen molar-refractivity contribution in [1.29, 1.82) is 0 Å². The molecule has 0 bridgehead atoms. The highest BCUT2D eigenvalue weighted by atomic mass is 19.1. The van der Waals surface area contributed by atoms with E-state index in [9.17, 15) is 4.39 Å². The third kappa shape index (κ3) is 6.26. The molecule has 4 N–H and O–H groups in total. The molecule has 11 nitrogen and oxygen atoms in total. The molecule has 0 saturated carbocycles. The maximum atomic E-state index is 13.4. The summed E-state index contributed by atoms with van der Waals surface area (Å²) in [6.07, 6.45) is 0.287. The molecule has 5 rings (SSSR count). The first kappa shape index (κ1) is 25.6. The highest BCUT2D eigenvalue weighted by Gasteiger charge is 2.20. The summed E-state index contributed by atoms with van der Waals surface area (Å²) in [5.41, 5.74) is 8.98. The van der Waals surface area contributed by atoms with Crippen molar-refractivity contribution in [2.45, 2.75) is 26.2 Å². The number of hydrogen-bond acceptors (Lipinski definition) is 10. The summed E-state index contributed by atoms with van der Waals surface area (Å²) < 4.78 is 30.5. The zero-order valence-corrected chi connectivity index (χ0v) is 21.4. The van der Waals surface area contributed by atoms with Gasteiger partial charge in [0.2, 0.25) is 11.8 Å². The van der Waals surface area contributed by atoms with Crippen LogP contribution in [0.2, 0.25) is 0 Å². The number of nitrogens with two attached hydrogens (primary N) is 1. The van der Waals surface area contributed by atoms with Crippen LogP contribution in [0.15, 0.2) is 40.9 Å². The first-order chi connectivity index (χ1) is 18.4. The lowest BCUT2D eigenvalue weighted by Gasteiger charge is -2.26. The Morgan fingerprint density at radius 3 is 2.68 bits per heavy atom. The maximum Gasteiger partial charge on any atom is 0.225 e. The standard InChI is InChI=1S/C26H31FN8O3/c1-16(2)21-15-23(33-32-21)29-24-20(13-19-14-22(34-38-19)17-3-5-18(27)6-4-17)25(31-26(28)30-24)37-12-9-35-7-10-36-11-8-35/h3-6,14-16H,7-13H2,1-2H3,(H4,28,29,30,31,32,33). The summed E-state index contributed by atoms with van der Waals surface area (Å²) in [6, 6.07) is 9.80. The molecule has 1 aliphatic rings. The van der Waals surface area contributed by atoms with Crippen LogP contribution < -0.4 is 15.8 Å². The van der Waals surface area contributed by atoms with Crippen LogP contribution in [0.1, 0.15) is 36.8 Å². The monoisotopic (exact) mass is 522 g/mol. The van der Waals surface area contributed by atoms with Crippen molar-refractivity contribution >= 4 is 17.6 Å². The van der Waals surface area contributed by atoms with Crippen molar-refractivity contribution in [2.75, 3.05) is 50.5 Å². The number of aromatic amines is 1. The summed E-state index contributed by atoms with van der Waals surface area (Å²) in [5.74, 6) is 2.07. The van der Waals surface area contributed by atoms with Gasteiger partial charge in [0.05, 0.1) is 24.5 Å². The molecule has 1 aliphatic heterocycles. The minimum Gasteiger partial charge on any atom is -0.476 e. The second-order valence-corrected chi connectivity index (χ2v) is 9.36. The van der Waals surface area contributed by atoms with Crippen LogP contribution in [0.3, 0.4) is 0 Å². The fraction of sp³-hybridized carbons (Fsp3) is 0.385. The van der Waals surface area contributed by atoms with Gasteiger partial charge in [0.25, 0.3) is 0 Å². The number of nitrogen functional groups attached to an aromatic ring is 1. The molecule has 0 unspecified atom stereocenters. The molecule has 38 heavy (non-hydrogen) atoms. The van der Waals surface area contributed by atoms with E-state index in [0.717, 1.165) is 30.9 Å². The van der Waals surface area contributed by atoms with Crippen LogP contribution in [-0.4, -0.2) is 69.7 Å². The van der Waals surface area contributed by atoms with E-state index >= 15 is 0 Å². The molecule has 12 heteroatoms. The number of anilines is 3. The summed E-state index contributed by atoms with van der Waals surface area (Å²) in [6.45, 7) is 8.42. The number of halogens is 1. The molecule has 3 aromatic heterocycles. The van der Waals surface area contributed by atoms with Crippen LogP contribution in [0.4, 0.5) is 22.0 Å². The normalized spacial score (nSPS) is 14.2. The molecular formula is C26H31FN8O3. The van der Waals surface area contributed by atoms with Crippen molar-refractivity contribution in [1.82, 2.24) is 30.2 Å². The highest BCUT2D eigenvalue weighted by Crippen LogP contribution is 2.31. The molecule has 200 valence electrons. The number of ether oxygens (including phenoxy) is 2. The smallest absolute Gasteiger partial charge is 0.225 e. The number of morpholine rings is 1. The van der Waals surface area contributed by atoms with Crippen molar-refractivity contribution < 1.29 is 18.4 Å². The Balaban J connectivity index is 1.41. The van der Waals surface area contributed by atoms with Crippen molar-refractivity contribution in [3.63, 3.8) is 0 Å². The topological polar surface area (TPSA) is 140 Å². The Hall–Kier alpha value is -4.03. The van der Waals surface area contributed by atoms with E-state index in [2.05, 4.69) is 49.4 Å². The van der Waals surface area contributed by atoms with Gasteiger partial charge < -0.3 is 25.0 Å². The fourth-order valence-electron chi connectivity index (χ4n) is 4.11. The summed E-state index contributed by atoms with van der Waals surface area (Å²) in [5, 5.41) is 14.8. The van der Waals surface area contributed by atoms with Gasteiger partial charge in [-0.2, -0.15) is 15.1 Å². The van der Waals surface area contributed by atoms with Crippen LogP contribution >= 0.6 is 0 Å². The van der Waals surface area contributed by atoms with Crippen LogP contribution in [0.5, 0.6) is 5.88 Å². The lowest BCUT2D eigenvalue weighted by molar-refractivity contribution is 0.0319. The average molecular weight is 523 g/mol. The molecule has 0 atom stereocenters. The Labute approximate surface area is 219 Å². The molecule has 0 spiro atoms. The predicted molar refractivity (Wildman–Crippen MR) is 140 cm³/mol. The van der Waals surface area contributed by atoms with Gasteiger partial charge in [0, 0.05) is 43.8 Å². The van der Waals surface area contributed by atoms with Gasteiger partial charge in [-0.05, 0) is 30.2 Å². The van der Waals surface area contributed by atoms with Gasteiger partial charge in [0.15, 0.2) is 0 Å². The van der Waals surface area contributed by atoms with Gasteiger partial charge in [-0.1, -0.05) is 19.0 Å². The first-order valence-corrected chi connectivity index (χ1v) is 12.6. The third-order valence-electron chi connectivity index (χ3n) is 6.23. The minimum atomic E-state index is -0.314. The van der Waals surface area contributed by atoms with Crippen LogP contribution in [0.25, 0.3) is 11.3 Å². The lowest BCUT2D eigenvalue weighted by atomic mass is 10.1. The van der Waals surface area contributed by atoms with E-state index in [1.807, 2.05) is 6.07 Å². The molecule has 0 amide bonds. The van der Waals surface area contributed by atoms with E-state index in [4.69, 9.17) is 19.7 Å². The SMILES string of the molecule is CC(C)c1cc(Nc2nc(N)nc(OCCN3CCOCC3)c2Cc2cc(-c3ccc(F)cc3)no2)[nH]n1. The third-order valence-corrected chi connectivity index (χ3v) is 6.23. The summed E-state index contributed by atoms with van der Waals surface area (Å²) in [4.78, 5) is 11.1. The van der Waals surface area contributed by atoms with Gasteiger partial charge in [-0.15, -0.1) is 0 Å². The number of aromatic nitrogens is 5. The maximum absolute atomic E-state index is 13.4. The number of rotatable bonds is 10. The first-order valence-electron chi connectivity index (χ1n) is 12.6. The summed E-state index contributed by atoms with van der Waals surface area (Å²) in [7, 11) is 0. The zero-order chi connectivity index (χ0) is 26.5. The van der Waals surface area contributed by atoms with E-state index in [-0.39, 0.29) is 24.1 Å². The quantitative estimate of drug-likeness (QED) is 0.282. The molecule has 0 radical (unpaired) electrons. The number of nitrogens with zero attached hydrogens (tertiary/aromatic N) is 5. The number of benzene rings is 1. The predicted octanol–water partition coefficient (Wildman–Crippen LogP) is 3.74. The molecule has 1 saturated heterocycles. The second-order valence-electron chi connectivity index (χ2n) is 9.36. The van der Waals surface area contributed by atoms with Gasteiger partial charge in [-0.25, -0.2) is 4.39 Å². The number of H-pyrrole nitrogens is 1. The number of hydrogen-bond donors (Lipinski definition) is 3. The van der Waals surface area contributed by atoms with Crippen LogP contribution in [-0.2, 0) is 11.2 Å². The zero-order valence-electron chi connectivity index (χ0n) is 21.4. The van der Waals surface area contributed by atoms with Crippen molar-refractivity contribution in [2.24, 2.45) is 0 Å². The molecule has 4 aromatic rings. The Bertz CT molecular complexity index is 1350. The summed E-state index contributed by atoms with van der Waals surface area (Å²) >= 11 is 0. The van der Waals surface area contributed by atoms with Crippen molar-refractivity contribution in [3.05, 3.63) is 59.2 Å². The molecular weight excluding hydrogens is 491 g/mol. The van der Waals surface area contributed by atoms with Gasteiger partial charge >= 0.3 is 0 Å². The molecule has 4 heterocycles. The molecule has 1 aromatic carbocycles. The lowest BCUT2D eigenvalue weighted by Crippen LogP contribution is -2.38. The second kappa shape index (κ2) is 11.6. The largest absolute Gasteiger partial charge is 0.476 e. The Morgan fingerprint density at radius 2 is 1.95 bits per heavy atom. The average Bonchev–Trinajstić information content (AvgIpc) is 3.57. The van der Waals surface area contributed by atoms with E-state index in [1.165, 1.54) is 12.1 Å².